The number of nitrogens with zero attached hydrogens (tertiary/aromatic N) is 2. The molecule has 3 amide bonds. The summed E-state index contributed by atoms with van der Waals surface area (Å²) >= 11 is 0. The van der Waals surface area contributed by atoms with E-state index >= 15 is 0 Å². The highest BCUT2D eigenvalue weighted by Gasteiger charge is 2.35. The van der Waals surface area contributed by atoms with Crippen LogP contribution < -0.4 is 5.32 Å². The first-order valence-electron chi connectivity index (χ1n) is 9.85. The Morgan fingerprint density at radius 1 is 1.11 bits per heavy atom. The monoisotopic (exact) mass is 371 g/mol. The van der Waals surface area contributed by atoms with Crippen molar-refractivity contribution in [2.75, 3.05) is 25.0 Å². The van der Waals surface area contributed by atoms with Gasteiger partial charge in [0.15, 0.2) is 0 Å². The first kappa shape index (κ1) is 19.4. The van der Waals surface area contributed by atoms with Gasteiger partial charge in [0.2, 0.25) is 11.8 Å². The van der Waals surface area contributed by atoms with Crippen molar-refractivity contribution < 1.29 is 14.4 Å². The molecule has 6 heteroatoms. The van der Waals surface area contributed by atoms with Gasteiger partial charge in [-0.3, -0.25) is 14.4 Å². The van der Waals surface area contributed by atoms with Crippen LogP contribution in [0.3, 0.4) is 0 Å². The smallest absolute Gasteiger partial charge is 0.253 e. The highest BCUT2D eigenvalue weighted by molar-refractivity contribution is 5.98. The summed E-state index contributed by atoms with van der Waals surface area (Å²) in [4.78, 5) is 40.7. The number of likely N-dealkylation sites (tertiary alicyclic amines) is 2. The largest absolute Gasteiger partial charge is 0.339 e. The van der Waals surface area contributed by atoms with Crippen LogP contribution in [-0.2, 0) is 9.59 Å². The molecule has 0 aromatic heterocycles. The summed E-state index contributed by atoms with van der Waals surface area (Å²) in [6, 6.07) is 7.15. The van der Waals surface area contributed by atoms with Crippen LogP contribution in [0.25, 0.3) is 0 Å². The maximum absolute atomic E-state index is 12.6. The third-order valence-electron chi connectivity index (χ3n) is 5.62. The third kappa shape index (κ3) is 4.49. The second kappa shape index (κ2) is 8.11. The number of rotatable bonds is 4. The Bertz CT molecular complexity index is 706. The van der Waals surface area contributed by atoms with Crippen LogP contribution >= 0.6 is 0 Å². The Morgan fingerprint density at radius 2 is 1.74 bits per heavy atom. The minimum atomic E-state index is -0.323. The van der Waals surface area contributed by atoms with E-state index in [4.69, 9.17) is 0 Å². The highest BCUT2D eigenvalue weighted by Crippen LogP contribution is 2.23. The molecule has 146 valence electrons. The minimum Gasteiger partial charge on any atom is -0.339 e. The van der Waals surface area contributed by atoms with E-state index in [1.165, 1.54) is 0 Å². The maximum atomic E-state index is 12.6. The van der Waals surface area contributed by atoms with E-state index in [0.717, 1.165) is 25.9 Å². The summed E-state index contributed by atoms with van der Waals surface area (Å²) in [5.74, 6) is 0.295. The van der Waals surface area contributed by atoms with Crippen molar-refractivity contribution in [2.45, 2.75) is 46.1 Å². The Labute approximate surface area is 160 Å². The first-order chi connectivity index (χ1) is 12.8. The molecule has 0 bridgehead atoms. The molecule has 1 N–H and O–H groups in total. The zero-order chi connectivity index (χ0) is 19.6. The molecule has 2 fully saturated rings. The van der Waals surface area contributed by atoms with Crippen LogP contribution in [0.4, 0.5) is 5.69 Å². The average molecular weight is 371 g/mol. The van der Waals surface area contributed by atoms with Gasteiger partial charge in [-0.2, -0.15) is 0 Å². The number of carbonyl (C=O) groups is 3. The number of amides is 3. The van der Waals surface area contributed by atoms with Gasteiger partial charge in [-0.1, -0.05) is 6.92 Å². The second-order valence-corrected chi connectivity index (χ2v) is 8.08. The van der Waals surface area contributed by atoms with Gasteiger partial charge in [0, 0.05) is 43.3 Å². The SMILES string of the molecule is CC1CCN(C(=O)c2ccc(NC(=O)C3CC(=O)N(C(C)C)C3)cc2)CC1. The van der Waals surface area contributed by atoms with Crippen molar-refractivity contribution in [1.82, 2.24) is 9.80 Å². The highest BCUT2D eigenvalue weighted by atomic mass is 16.2. The van der Waals surface area contributed by atoms with Gasteiger partial charge in [-0.05, 0) is 56.9 Å². The summed E-state index contributed by atoms with van der Waals surface area (Å²) in [5.41, 5.74) is 1.30. The molecule has 0 aliphatic carbocycles. The normalized spacial score (nSPS) is 21.0. The molecule has 6 nitrogen and oxygen atoms in total. The molecular formula is C21H29N3O3. The predicted octanol–water partition coefficient (Wildman–Crippen LogP) is 2.75. The fraction of sp³-hybridized carbons (Fsp3) is 0.571. The van der Waals surface area contributed by atoms with Crippen LogP contribution in [0.5, 0.6) is 0 Å². The first-order valence-corrected chi connectivity index (χ1v) is 9.85. The molecule has 1 aromatic rings. The van der Waals surface area contributed by atoms with Crippen molar-refractivity contribution in [2.24, 2.45) is 11.8 Å². The van der Waals surface area contributed by atoms with Gasteiger partial charge in [0.25, 0.3) is 5.91 Å². The molecule has 27 heavy (non-hydrogen) atoms. The molecule has 2 aliphatic heterocycles. The second-order valence-electron chi connectivity index (χ2n) is 8.08. The van der Waals surface area contributed by atoms with E-state index in [9.17, 15) is 14.4 Å². The lowest BCUT2D eigenvalue weighted by Gasteiger charge is -2.30. The topological polar surface area (TPSA) is 69.7 Å². The molecule has 0 saturated carbocycles. The number of hydrogen-bond acceptors (Lipinski definition) is 3. The van der Waals surface area contributed by atoms with E-state index in [2.05, 4.69) is 12.2 Å². The number of benzene rings is 1. The van der Waals surface area contributed by atoms with Gasteiger partial charge >= 0.3 is 0 Å². The van der Waals surface area contributed by atoms with Gasteiger partial charge in [0.05, 0.1) is 5.92 Å². The van der Waals surface area contributed by atoms with Gasteiger partial charge in [-0.15, -0.1) is 0 Å². The average Bonchev–Trinajstić information content (AvgIpc) is 3.05. The van der Waals surface area contributed by atoms with E-state index in [-0.39, 0.29) is 36.1 Å². The van der Waals surface area contributed by atoms with E-state index in [1.807, 2.05) is 18.7 Å². The lowest BCUT2D eigenvalue weighted by molar-refractivity contribution is -0.129. The van der Waals surface area contributed by atoms with Crippen molar-refractivity contribution in [3.8, 4) is 0 Å². The molecule has 2 heterocycles. The number of hydrogen-bond donors (Lipinski definition) is 1. The number of piperidine rings is 1. The predicted molar refractivity (Wildman–Crippen MR) is 104 cm³/mol. The molecule has 3 rings (SSSR count). The van der Waals surface area contributed by atoms with E-state index in [1.54, 1.807) is 29.2 Å². The van der Waals surface area contributed by atoms with Crippen LogP contribution in [0.2, 0.25) is 0 Å². The maximum Gasteiger partial charge on any atom is 0.253 e. The summed E-state index contributed by atoms with van der Waals surface area (Å²) in [7, 11) is 0. The fourth-order valence-corrected chi connectivity index (χ4v) is 3.74. The van der Waals surface area contributed by atoms with Gasteiger partial charge in [0.1, 0.15) is 0 Å². The van der Waals surface area contributed by atoms with Gasteiger partial charge in [-0.25, -0.2) is 0 Å². The molecule has 0 radical (unpaired) electrons. The molecule has 2 aliphatic rings. The molecule has 0 spiro atoms. The van der Waals surface area contributed by atoms with Crippen molar-refractivity contribution in [3.63, 3.8) is 0 Å². The standard InChI is InChI=1S/C21H29N3O3/c1-14(2)24-13-17(12-19(24)25)20(26)22-18-6-4-16(5-7-18)21(27)23-10-8-15(3)9-11-23/h4-7,14-15,17H,8-13H2,1-3H3,(H,22,26). The molecule has 2 saturated heterocycles. The molecule has 1 atom stereocenters. The zero-order valence-electron chi connectivity index (χ0n) is 16.4. The lowest BCUT2D eigenvalue weighted by Crippen LogP contribution is -2.37. The summed E-state index contributed by atoms with van der Waals surface area (Å²) in [5, 5.41) is 2.87. The molecule has 1 unspecified atom stereocenters. The van der Waals surface area contributed by atoms with Crippen molar-refractivity contribution >= 4 is 23.4 Å². The van der Waals surface area contributed by atoms with E-state index < -0.39 is 0 Å². The Hall–Kier alpha value is -2.37. The quantitative estimate of drug-likeness (QED) is 0.885. The number of anilines is 1. The van der Waals surface area contributed by atoms with Crippen LogP contribution in [0.1, 0.15) is 50.4 Å². The third-order valence-corrected chi connectivity index (χ3v) is 5.62. The minimum absolute atomic E-state index is 0.0296. The van der Waals surface area contributed by atoms with Gasteiger partial charge < -0.3 is 15.1 Å². The molecular weight excluding hydrogens is 342 g/mol. The van der Waals surface area contributed by atoms with E-state index in [0.29, 0.717) is 23.7 Å². The van der Waals surface area contributed by atoms with Crippen molar-refractivity contribution in [1.29, 1.82) is 0 Å². The summed E-state index contributed by atoms with van der Waals surface area (Å²) < 4.78 is 0. The Kier molecular flexibility index (Phi) is 5.82. The Balaban J connectivity index is 1.57. The summed E-state index contributed by atoms with van der Waals surface area (Å²) in [6.45, 7) is 8.21. The van der Waals surface area contributed by atoms with Crippen LogP contribution in [0.15, 0.2) is 24.3 Å². The van der Waals surface area contributed by atoms with Crippen LogP contribution in [0, 0.1) is 11.8 Å². The lowest BCUT2D eigenvalue weighted by atomic mass is 9.98. The number of nitrogens with one attached hydrogen (secondary N) is 1. The zero-order valence-corrected chi connectivity index (χ0v) is 16.4. The fourth-order valence-electron chi connectivity index (χ4n) is 3.74. The summed E-state index contributed by atoms with van der Waals surface area (Å²) in [6.07, 6.45) is 2.36. The van der Waals surface area contributed by atoms with Crippen LogP contribution in [-0.4, -0.2) is 53.2 Å². The van der Waals surface area contributed by atoms with Crippen molar-refractivity contribution in [3.05, 3.63) is 29.8 Å². The molecule has 1 aromatic carbocycles. The number of carbonyl (C=O) groups excluding carboxylic acids is 3. The Morgan fingerprint density at radius 3 is 2.30 bits per heavy atom.